The summed E-state index contributed by atoms with van der Waals surface area (Å²) in [5, 5.41) is 12.5. The normalized spacial score (nSPS) is 19.4. The molecule has 28 heavy (non-hydrogen) atoms. The van der Waals surface area contributed by atoms with Crippen LogP contribution >= 0.6 is 0 Å². The molecule has 10 heteroatoms. The van der Waals surface area contributed by atoms with E-state index in [1.807, 2.05) is 0 Å². The lowest BCUT2D eigenvalue weighted by molar-refractivity contribution is -0.136. The number of carboxylic acid groups (broad SMARTS) is 1. The summed E-state index contributed by atoms with van der Waals surface area (Å²) in [6.07, 6.45) is -1.20. The molecule has 2 aliphatic rings. The number of hydrogen-bond donors (Lipinski definition) is 3. The summed E-state index contributed by atoms with van der Waals surface area (Å²) in [6, 6.07) is 3.36. The third kappa shape index (κ3) is 3.17. The zero-order valence-electron chi connectivity index (χ0n) is 15.6. The van der Waals surface area contributed by atoms with Crippen molar-refractivity contribution in [2.75, 3.05) is 5.43 Å². The molecule has 5 amide bonds. The number of nitrogens with one attached hydrogen (secondary N) is 2. The average Bonchev–Trinajstić information content (AvgIpc) is 2.84. The van der Waals surface area contributed by atoms with Crippen molar-refractivity contribution in [1.82, 2.24) is 15.2 Å². The maximum absolute atomic E-state index is 13.0. The first-order chi connectivity index (χ1) is 13.0. The minimum Gasteiger partial charge on any atom is -0.464 e. The van der Waals surface area contributed by atoms with E-state index in [0.717, 1.165) is 9.91 Å². The van der Waals surface area contributed by atoms with Gasteiger partial charge in [-0.2, -0.15) is 0 Å². The summed E-state index contributed by atoms with van der Waals surface area (Å²) in [5.41, 5.74) is 2.06. The predicted molar refractivity (Wildman–Crippen MR) is 96.4 cm³/mol. The molecule has 1 aromatic carbocycles. The van der Waals surface area contributed by atoms with Gasteiger partial charge in [0.05, 0.1) is 22.4 Å². The molecule has 3 rings (SSSR count). The average molecular weight is 388 g/mol. The summed E-state index contributed by atoms with van der Waals surface area (Å²) in [4.78, 5) is 61.7. The standard InChI is InChI=1S/C18H20N4O6/c1-18(2,3)22(17(27)28)20-10-6-4-5-9-13(10)16(26)21(15(9)25)11-7-8-12(23)19-14(11)24/h4-6,11,20H,7-8H2,1-3H3,(H,27,28)(H,19,23,24). The number of fused-ring (bicyclic) bond motifs is 1. The van der Waals surface area contributed by atoms with Gasteiger partial charge < -0.3 is 5.11 Å². The Balaban J connectivity index is 1.98. The minimum atomic E-state index is -1.26. The number of rotatable bonds is 3. The Bertz CT molecular complexity index is 904. The number of carbonyl (C=O) groups is 5. The second-order valence-corrected chi connectivity index (χ2v) is 7.58. The van der Waals surface area contributed by atoms with Crippen LogP contribution in [-0.4, -0.2) is 56.3 Å². The van der Waals surface area contributed by atoms with Gasteiger partial charge in [-0.25, -0.2) is 9.80 Å². The molecule has 2 aliphatic heterocycles. The molecule has 3 N–H and O–H groups in total. The van der Waals surface area contributed by atoms with Crippen molar-refractivity contribution >= 4 is 35.4 Å². The number of nitrogens with zero attached hydrogens (tertiary/aromatic N) is 2. The summed E-state index contributed by atoms with van der Waals surface area (Å²) in [5.74, 6) is -2.53. The van der Waals surface area contributed by atoms with Crippen LogP contribution in [0.2, 0.25) is 0 Å². The van der Waals surface area contributed by atoms with Crippen molar-refractivity contribution in [3.8, 4) is 0 Å². The quantitative estimate of drug-likeness (QED) is 0.523. The van der Waals surface area contributed by atoms with Gasteiger partial charge in [-0.3, -0.25) is 34.8 Å². The molecule has 1 aromatic rings. The number of piperidine rings is 1. The molecule has 0 radical (unpaired) electrons. The van der Waals surface area contributed by atoms with E-state index in [9.17, 15) is 29.1 Å². The molecule has 0 spiro atoms. The Hall–Kier alpha value is -3.43. The lowest BCUT2D eigenvalue weighted by Gasteiger charge is -2.34. The van der Waals surface area contributed by atoms with Gasteiger partial charge in [-0.15, -0.1) is 0 Å². The van der Waals surface area contributed by atoms with Crippen LogP contribution in [0.25, 0.3) is 0 Å². The van der Waals surface area contributed by atoms with Crippen LogP contribution in [0.5, 0.6) is 0 Å². The Kier molecular flexibility index (Phi) is 4.58. The summed E-state index contributed by atoms with van der Waals surface area (Å²) in [6.45, 7) is 5.00. The number of anilines is 1. The lowest BCUT2D eigenvalue weighted by atomic mass is 10.0. The first kappa shape index (κ1) is 19.3. The Morgan fingerprint density at radius 1 is 1.21 bits per heavy atom. The van der Waals surface area contributed by atoms with Gasteiger partial charge in [-0.1, -0.05) is 6.07 Å². The molecule has 1 fully saturated rings. The van der Waals surface area contributed by atoms with Crippen molar-refractivity contribution in [2.24, 2.45) is 0 Å². The van der Waals surface area contributed by atoms with E-state index in [4.69, 9.17) is 0 Å². The van der Waals surface area contributed by atoms with Crippen molar-refractivity contribution in [1.29, 1.82) is 0 Å². The number of amides is 5. The third-order valence-electron chi connectivity index (χ3n) is 4.56. The van der Waals surface area contributed by atoms with Crippen LogP contribution in [0.15, 0.2) is 18.2 Å². The molecule has 2 heterocycles. The fraction of sp³-hybridized carbons (Fsp3) is 0.389. The largest absolute Gasteiger partial charge is 0.464 e. The molecule has 148 valence electrons. The highest BCUT2D eigenvalue weighted by molar-refractivity contribution is 6.25. The van der Waals surface area contributed by atoms with Gasteiger partial charge in [0.15, 0.2) is 0 Å². The smallest absolute Gasteiger partial charge is 0.426 e. The van der Waals surface area contributed by atoms with E-state index < -0.39 is 41.3 Å². The van der Waals surface area contributed by atoms with Gasteiger partial charge in [0.25, 0.3) is 11.8 Å². The highest BCUT2D eigenvalue weighted by Crippen LogP contribution is 2.33. The van der Waals surface area contributed by atoms with Crippen molar-refractivity contribution in [2.45, 2.75) is 45.2 Å². The zero-order valence-corrected chi connectivity index (χ0v) is 15.6. The highest BCUT2D eigenvalue weighted by atomic mass is 16.4. The Labute approximate surface area is 160 Å². The molecule has 0 saturated carbocycles. The number of carbonyl (C=O) groups excluding carboxylic acids is 4. The van der Waals surface area contributed by atoms with E-state index in [1.165, 1.54) is 18.2 Å². The number of hydrogen-bond acceptors (Lipinski definition) is 6. The molecule has 0 bridgehead atoms. The molecule has 1 unspecified atom stereocenters. The molecular weight excluding hydrogens is 368 g/mol. The van der Waals surface area contributed by atoms with E-state index in [1.54, 1.807) is 20.8 Å². The van der Waals surface area contributed by atoms with Gasteiger partial charge in [0.1, 0.15) is 6.04 Å². The molecule has 0 aromatic heterocycles. The van der Waals surface area contributed by atoms with Gasteiger partial charge in [0, 0.05) is 6.42 Å². The SMILES string of the molecule is CC(C)(C)N(Nc1cccc2c1C(=O)N(C1CCC(=O)NC1=O)C2=O)C(=O)O. The molecule has 1 saturated heterocycles. The molecule has 1 atom stereocenters. The molecular formula is C18H20N4O6. The first-order valence-electron chi connectivity index (χ1n) is 8.66. The van der Waals surface area contributed by atoms with Crippen LogP contribution in [0.4, 0.5) is 10.5 Å². The van der Waals surface area contributed by atoms with E-state index in [-0.39, 0.29) is 29.7 Å². The van der Waals surface area contributed by atoms with Gasteiger partial charge in [0.2, 0.25) is 11.8 Å². The summed E-state index contributed by atoms with van der Waals surface area (Å²) >= 11 is 0. The Morgan fingerprint density at radius 2 is 1.89 bits per heavy atom. The van der Waals surface area contributed by atoms with Gasteiger partial charge >= 0.3 is 6.09 Å². The van der Waals surface area contributed by atoms with E-state index >= 15 is 0 Å². The van der Waals surface area contributed by atoms with Crippen molar-refractivity contribution < 1.29 is 29.1 Å². The fourth-order valence-electron chi connectivity index (χ4n) is 3.23. The van der Waals surface area contributed by atoms with Crippen LogP contribution < -0.4 is 10.7 Å². The van der Waals surface area contributed by atoms with Crippen LogP contribution in [-0.2, 0) is 9.59 Å². The van der Waals surface area contributed by atoms with Crippen LogP contribution in [0.1, 0.15) is 54.3 Å². The zero-order chi connectivity index (χ0) is 20.8. The summed E-state index contributed by atoms with van der Waals surface area (Å²) < 4.78 is 0. The maximum Gasteiger partial charge on any atom is 0.426 e. The minimum absolute atomic E-state index is 0.00676. The third-order valence-corrected chi connectivity index (χ3v) is 4.56. The fourth-order valence-corrected chi connectivity index (χ4v) is 3.23. The maximum atomic E-state index is 13.0. The first-order valence-corrected chi connectivity index (χ1v) is 8.66. The monoisotopic (exact) mass is 388 g/mol. The number of benzene rings is 1. The van der Waals surface area contributed by atoms with Crippen LogP contribution in [0.3, 0.4) is 0 Å². The second kappa shape index (κ2) is 6.63. The lowest BCUT2D eigenvalue weighted by Crippen LogP contribution is -2.54. The Morgan fingerprint density at radius 3 is 2.46 bits per heavy atom. The number of hydrazine groups is 1. The van der Waals surface area contributed by atoms with Crippen molar-refractivity contribution in [3.05, 3.63) is 29.3 Å². The second-order valence-electron chi connectivity index (χ2n) is 7.58. The molecule has 10 nitrogen and oxygen atoms in total. The highest BCUT2D eigenvalue weighted by Gasteiger charge is 2.46. The van der Waals surface area contributed by atoms with E-state index in [0.29, 0.717) is 0 Å². The van der Waals surface area contributed by atoms with Gasteiger partial charge in [-0.05, 0) is 39.3 Å². The van der Waals surface area contributed by atoms with Crippen LogP contribution in [0, 0.1) is 0 Å². The molecule has 0 aliphatic carbocycles. The topological polar surface area (TPSA) is 136 Å². The van der Waals surface area contributed by atoms with E-state index in [2.05, 4.69) is 10.7 Å². The number of imide groups is 2. The van der Waals surface area contributed by atoms with Crippen molar-refractivity contribution in [3.63, 3.8) is 0 Å². The predicted octanol–water partition coefficient (Wildman–Crippen LogP) is 1.19. The summed E-state index contributed by atoms with van der Waals surface area (Å²) in [7, 11) is 0.